The Bertz CT molecular complexity index is 1310. The van der Waals surface area contributed by atoms with Crippen molar-refractivity contribution in [1.82, 2.24) is 14.8 Å². The van der Waals surface area contributed by atoms with E-state index < -0.39 is 5.91 Å². The van der Waals surface area contributed by atoms with Crippen LogP contribution in [0, 0.1) is 6.92 Å². The fraction of sp³-hybridized carbons (Fsp3) is 0.217. The van der Waals surface area contributed by atoms with Gasteiger partial charge < -0.3 is 10.6 Å². The summed E-state index contributed by atoms with van der Waals surface area (Å²) in [5.41, 5.74) is 9.65. The van der Waals surface area contributed by atoms with Crippen LogP contribution in [0.3, 0.4) is 0 Å². The Kier molecular flexibility index (Phi) is 4.78. The van der Waals surface area contributed by atoms with E-state index in [1.807, 2.05) is 35.2 Å². The van der Waals surface area contributed by atoms with E-state index in [9.17, 15) is 9.59 Å². The largest absolute Gasteiger partial charge is 0.366 e. The van der Waals surface area contributed by atoms with Crippen LogP contribution in [-0.2, 0) is 13.0 Å². The van der Waals surface area contributed by atoms with Gasteiger partial charge in [0.25, 0.3) is 5.91 Å². The SMILES string of the molecule is Cc1cc(C(=O)N2CCCc3c(C(N)=O)cccc32)c2cnn(Cc3cccs3)c2n1. The number of fused-ring (bicyclic) bond motifs is 2. The minimum atomic E-state index is -0.469. The van der Waals surface area contributed by atoms with Crippen molar-refractivity contribution in [2.75, 3.05) is 11.4 Å². The molecule has 7 nitrogen and oxygen atoms in total. The van der Waals surface area contributed by atoms with Crippen LogP contribution in [0.5, 0.6) is 0 Å². The van der Waals surface area contributed by atoms with Crippen molar-refractivity contribution in [3.8, 4) is 0 Å². The Balaban J connectivity index is 1.58. The summed E-state index contributed by atoms with van der Waals surface area (Å²) < 4.78 is 1.83. The highest BCUT2D eigenvalue weighted by molar-refractivity contribution is 7.09. The molecule has 0 saturated heterocycles. The zero-order chi connectivity index (χ0) is 21.5. The van der Waals surface area contributed by atoms with Gasteiger partial charge in [-0.25, -0.2) is 9.67 Å². The number of aryl methyl sites for hydroxylation is 1. The fourth-order valence-electron chi connectivity index (χ4n) is 4.23. The van der Waals surface area contributed by atoms with Crippen LogP contribution < -0.4 is 10.6 Å². The first kappa shape index (κ1) is 19.4. The Morgan fingerprint density at radius 2 is 2.06 bits per heavy atom. The lowest BCUT2D eigenvalue weighted by molar-refractivity contribution is 0.0978. The predicted octanol–water partition coefficient (Wildman–Crippen LogP) is 3.54. The molecular weight excluding hydrogens is 410 g/mol. The zero-order valence-electron chi connectivity index (χ0n) is 17.0. The Morgan fingerprint density at radius 3 is 2.84 bits per heavy atom. The summed E-state index contributed by atoms with van der Waals surface area (Å²) in [5.74, 6) is -0.586. The van der Waals surface area contributed by atoms with E-state index in [0.29, 0.717) is 29.9 Å². The minimum absolute atomic E-state index is 0.117. The molecule has 5 rings (SSSR count). The molecule has 1 aliphatic heterocycles. The number of nitrogens with zero attached hydrogens (tertiary/aromatic N) is 4. The number of carbonyl (C=O) groups excluding carboxylic acids is 2. The highest BCUT2D eigenvalue weighted by atomic mass is 32.1. The molecule has 156 valence electrons. The molecule has 0 atom stereocenters. The number of hydrogen-bond acceptors (Lipinski definition) is 5. The first-order valence-corrected chi connectivity index (χ1v) is 11.0. The molecule has 31 heavy (non-hydrogen) atoms. The Morgan fingerprint density at radius 1 is 1.19 bits per heavy atom. The molecule has 2 N–H and O–H groups in total. The molecule has 0 aliphatic carbocycles. The summed E-state index contributed by atoms with van der Waals surface area (Å²) >= 11 is 1.66. The van der Waals surface area contributed by atoms with E-state index in [-0.39, 0.29) is 5.91 Å². The van der Waals surface area contributed by atoms with E-state index in [1.54, 1.807) is 34.6 Å². The third kappa shape index (κ3) is 3.38. The summed E-state index contributed by atoms with van der Waals surface area (Å²) in [6.07, 6.45) is 3.21. The second-order valence-corrected chi connectivity index (χ2v) is 8.69. The van der Waals surface area contributed by atoms with Gasteiger partial charge in [-0.2, -0.15) is 5.10 Å². The van der Waals surface area contributed by atoms with Crippen molar-refractivity contribution >= 4 is 39.9 Å². The maximum atomic E-state index is 13.7. The molecule has 3 aromatic heterocycles. The standard InChI is InChI=1S/C23H21N5O2S/c1-14-11-18(19-12-25-28(22(19)26-14)13-15-5-4-10-31-15)23(30)27-9-3-7-16-17(21(24)29)6-2-8-20(16)27/h2,4-6,8,10-12H,3,7,9,13H2,1H3,(H2,24,29). The maximum absolute atomic E-state index is 13.7. The summed E-state index contributed by atoms with van der Waals surface area (Å²) in [7, 11) is 0. The summed E-state index contributed by atoms with van der Waals surface area (Å²) in [6, 6.07) is 11.3. The van der Waals surface area contributed by atoms with Gasteiger partial charge in [-0.3, -0.25) is 9.59 Å². The number of rotatable bonds is 4. The quantitative estimate of drug-likeness (QED) is 0.535. The highest BCUT2D eigenvalue weighted by Gasteiger charge is 2.28. The molecule has 8 heteroatoms. The van der Waals surface area contributed by atoms with Gasteiger partial charge in [0.2, 0.25) is 5.91 Å². The first-order valence-electron chi connectivity index (χ1n) is 10.1. The number of hydrogen-bond donors (Lipinski definition) is 1. The van der Waals surface area contributed by atoms with Gasteiger partial charge in [0, 0.05) is 28.4 Å². The molecular formula is C23H21N5O2S. The van der Waals surface area contributed by atoms with Gasteiger partial charge in [-0.05, 0) is 55.0 Å². The van der Waals surface area contributed by atoms with Crippen LogP contribution >= 0.6 is 11.3 Å². The van der Waals surface area contributed by atoms with Crippen molar-refractivity contribution in [2.45, 2.75) is 26.3 Å². The maximum Gasteiger partial charge on any atom is 0.259 e. The predicted molar refractivity (Wildman–Crippen MR) is 121 cm³/mol. The van der Waals surface area contributed by atoms with Crippen LogP contribution in [-0.4, -0.2) is 33.1 Å². The average Bonchev–Trinajstić information content (AvgIpc) is 3.42. The molecule has 1 aromatic carbocycles. The Labute approximate surface area is 183 Å². The molecule has 4 heterocycles. The smallest absolute Gasteiger partial charge is 0.259 e. The van der Waals surface area contributed by atoms with E-state index in [1.165, 1.54) is 4.88 Å². The Hall–Kier alpha value is -3.52. The lowest BCUT2D eigenvalue weighted by Crippen LogP contribution is -2.36. The van der Waals surface area contributed by atoms with E-state index in [4.69, 9.17) is 5.73 Å². The molecule has 4 aromatic rings. The topological polar surface area (TPSA) is 94.1 Å². The molecule has 0 unspecified atom stereocenters. The van der Waals surface area contributed by atoms with Crippen LogP contribution in [0.15, 0.2) is 48.0 Å². The fourth-order valence-corrected chi connectivity index (χ4v) is 4.91. The highest BCUT2D eigenvalue weighted by Crippen LogP contribution is 2.32. The lowest BCUT2D eigenvalue weighted by Gasteiger charge is -2.30. The van der Waals surface area contributed by atoms with Crippen LogP contribution in [0.1, 0.15) is 43.3 Å². The van der Waals surface area contributed by atoms with Crippen molar-refractivity contribution in [1.29, 1.82) is 0 Å². The number of anilines is 1. The van der Waals surface area contributed by atoms with Crippen LogP contribution in [0.25, 0.3) is 11.0 Å². The minimum Gasteiger partial charge on any atom is -0.366 e. The lowest BCUT2D eigenvalue weighted by atomic mass is 9.95. The summed E-state index contributed by atoms with van der Waals surface area (Å²) in [5, 5.41) is 7.27. The second kappa shape index (κ2) is 7.63. The van der Waals surface area contributed by atoms with Crippen LogP contribution in [0.4, 0.5) is 5.69 Å². The number of aromatic nitrogens is 3. The number of pyridine rings is 1. The van der Waals surface area contributed by atoms with Gasteiger partial charge in [0.05, 0.1) is 23.7 Å². The van der Waals surface area contributed by atoms with Gasteiger partial charge in [0.15, 0.2) is 5.65 Å². The number of benzene rings is 1. The van der Waals surface area contributed by atoms with Crippen molar-refractivity contribution < 1.29 is 9.59 Å². The number of thiophene rings is 1. The van der Waals surface area contributed by atoms with Crippen molar-refractivity contribution in [2.24, 2.45) is 5.73 Å². The summed E-state index contributed by atoms with van der Waals surface area (Å²) in [6.45, 7) is 3.08. The molecule has 1 aliphatic rings. The summed E-state index contributed by atoms with van der Waals surface area (Å²) in [4.78, 5) is 33.1. The van der Waals surface area contributed by atoms with E-state index in [2.05, 4.69) is 16.1 Å². The molecule has 0 fully saturated rings. The van der Waals surface area contributed by atoms with Crippen LogP contribution in [0.2, 0.25) is 0 Å². The molecule has 0 radical (unpaired) electrons. The second-order valence-electron chi connectivity index (χ2n) is 7.66. The normalized spacial score (nSPS) is 13.4. The first-order chi connectivity index (χ1) is 15.0. The molecule has 2 amide bonds. The monoisotopic (exact) mass is 431 g/mol. The van der Waals surface area contributed by atoms with E-state index in [0.717, 1.165) is 35.2 Å². The van der Waals surface area contributed by atoms with Gasteiger partial charge in [-0.15, -0.1) is 11.3 Å². The van der Waals surface area contributed by atoms with E-state index >= 15 is 0 Å². The third-order valence-electron chi connectivity index (χ3n) is 5.61. The third-order valence-corrected chi connectivity index (χ3v) is 6.48. The zero-order valence-corrected chi connectivity index (χ0v) is 17.9. The van der Waals surface area contributed by atoms with Gasteiger partial charge in [-0.1, -0.05) is 12.1 Å². The molecule has 0 spiro atoms. The number of nitrogens with two attached hydrogens (primary N) is 1. The van der Waals surface area contributed by atoms with Gasteiger partial charge in [0.1, 0.15) is 0 Å². The van der Waals surface area contributed by atoms with Gasteiger partial charge >= 0.3 is 0 Å². The number of carbonyl (C=O) groups is 2. The van der Waals surface area contributed by atoms with Crippen molar-refractivity contribution in [3.05, 3.63) is 75.2 Å². The molecule has 0 bridgehead atoms. The molecule has 0 saturated carbocycles. The number of amides is 2. The average molecular weight is 432 g/mol. The van der Waals surface area contributed by atoms with Crippen molar-refractivity contribution in [3.63, 3.8) is 0 Å². The number of primary amides is 1.